The van der Waals surface area contributed by atoms with E-state index in [1.165, 1.54) is 11.5 Å². The standard InChI is InChI=1S/C20H19N9OS/c1-28-16(8-10-22-28)24-25-17-15(29-11-2-3-12-29)7-6-14(18(17)30)23-26-20-13-5-4-9-21-19(13)27-31-20/h4-10,30H,2-3,11-12H2,1H3. The first kappa shape index (κ1) is 19.2. The maximum atomic E-state index is 11.0. The van der Waals surface area contributed by atoms with Crippen molar-refractivity contribution in [2.45, 2.75) is 12.8 Å². The van der Waals surface area contributed by atoms with Crippen molar-refractivity contribution in [1.29, 1.82) is 0 Å². The van der Waals surface area contributed by atoms with Gasteiger partial charge in [-0.15, -0.1) is 20.5 Å². The Hall–Kier alpha value is -3.73. The number of nitrogens with zero attached hydrogens (tertiary/aromatic N) is 9. The molecular weight excluding hydrogens is 414 g/mol. The van der Waals surface area contributed by atoms with Crippen LogP contribution in [-0.2, 0) is 7.05 Å². The van der Waals surface area contributed by atoms with Crippen LogP contribution >= 0.6 is 11.5 Å². The van der Waals surface area contributed by atoms with Crippen LogP contribution in [0.25, 0.3) is 11.0 Å². The van der Waals surface area contributed by atoms with Crippen LogP contribution in [0.4, 0.5) is 27.9 Å². The van der Waals surface area contributed by atoms with Gasteiger partial charge in [0.05, 0.1) is 17.3 Å². The molecule has 156 valence electrons. The van der Waals surface area contributed by atoms with Crippen LogP contribution in [0.5, 0.6) is 5.75 Å². The van der Waals surface area contributed by atoms with Gasteiger partial charge in [-0.1, -0.05) is 0 Å². The molecule has 0 amide bonds. The molecule has 1 N–H and O–H groups in total. The quantitative estimate of drug-likeness (QED) is 0.413. The highest BCUT2D eigenvalue weighted by Gasteiger charge is 2.21. The lowest BCUT2D eigenvalue weighted by Crippen LogP contribution is -2.17. The van der Waals surface area contributed by atoms with E-state index < -0.39 is 0 Å². The first-order valence-corrected chi connectivity index (χ1v) is 10.6. The zero-order valence-electron chi connectivity index (χ0n) is 16.8. The summed E-state index contributed by atoms with van der Waals surface area (Å²) < 4.78 is 5.88. The molecule has 0 aliphatic carbocycles. The minimum Gasteiger partial charge on any atom is -0.504 e. The molecule has 3 aromatic heterocycles. The average molecular weight is 434 g/mol. The van der Waals surface area contributed by atoms with Gasteiger partial charge in [-0.3, -0.25) is 0 Å². The smallest absolute Gasteiger partial charge is 0.175 e. The van der Waals surface area contributed by atoms with Crippen LogP contribution in [0.1, 0.15) is 12.8 Å². The number of fused-ring (bicyclic) bond motifs is 1. The van der Waals surface area contributed by atoms with Gasteiger partial charge in [-0.25, -0.2) is 9.67 Å². The molecule has 4 aromatic rings. The van der Waals surface area contributed by atoms with Crippen molar-refractivity contribution in [1.82, 2.24) is 19.1 Å². The minimum atomic E-state index is -0.0639. The topological polar surface area (TPSA) is 117 Å². The van der Waals surface area contributed by atoms with Crippen molar-refractivity contribution in [2.75, 3.05) is 18.0 Å². The molecule has 1 fully saturated rings. The summed E-state index contributed by atoms with van der Waals surface area (Å²) >= 11 is 1.21. The Morgan fingerprint density at radius 3 is 2.68 bits per heavy atom. The van der Waals surface area contributed by atoms with Crippen LogP contribution in [0, 0.1) is 0 Å². The van der Waals surface area contributed by atoms with Crippen molar-refractivity contribution >= 4 is 50.4 Å². The third-order valence-corrected chi connectivity index (χ3v) is 5.83. The second-order valence-electron chi connectivity index (χ2n) is 7.07. The van der Waals surface area contributed by atoms with Crippen LogP contribution in [0.2, 0.25) is 0 Å². The number of rotatable bonds is 5. The Morgan fingerprint density at radius 2 is 1.87 bits per heavy atom. The molecule has 1 aliphatic heterocycles. The lowest BCUT2D eigenvalue weighted by atomic mass is 10.2. The van der Waals surface area contributed by atoms with E-state index in [0.29, 0.717) is 27.8 Å². The highest BCUT2D eigenvalue weighted by atomic mass is 32.1. The van der Waals surface area contributed by atoms with Gasteiger partial charge in [0.1, 0.15) is 5.69 Å². The molecule has 1 aliphatic rings. The molecule has 0 bridgehead atoms. The van der Waals surface area contributed by atoms with Gasteiger partial charge in [-0.2, -0.15) is 9.47 Å². The summed E-state index contributed by atoms with van der Waals surface area (Å²) in [5.74, 6) is 0.522. The Morgan fingerprint density at radius 1 is 1.00 bits per heavy atom. The van der Waals surface area contributed by atoms with E-state index in [1.807, 2.05) is 18.2 Å². The van der Waals surface area contributed by atoms with Crippen molar-refractivity contribution in [3.63, 3.8) is 0 Å². The molecule has 0 saturated carbocycles. The first-order valence-electron chi connectivity index (χ1n) is 9.83. The Kier molecular flexibility index (Phi) is 5.08. The molecule has 0 spiro atoms. The molecule has 10 nitrogen and oxygen atoms in total. The largest absolute Gasteiger partial charge is 0.504 e. The second kappa shape index (κ2) is 8.19. The van der Waals surface area contributed by atoms with E-state index in [1.54, 1.807) is 36.3 Å². The Bertz CT molecular complexity index is 1290. The molecule has 31 heavy (non-hydrogen) atoms. The van der Waals surface area contributed by atoms with Crippen LogP contribution in [0.3, 0.4) is 0 Å². The van der Waals surface area contributed by atoms with E-state index in [0.717, 1.165) is 37.0 Å². The number of benzene rings is 1. The number of aromatic nitrogens is 4. The van der Waals surface area contributed by atoms with E-state index in [-0.39, 0.29) is 5.75 Å². The highest BCUT2D eigenvalue weighted by Crippen LogP contribution is 2.46. The van der Waals surface area contributed by atoms with Crippen molar-refractivity contribution in [3.8, 4) is 5.75 Å². The van der Waals surface area contributed by atoms with Crippen molar-refractivity contribution < 1.29 is 5.11 Å². The van der Waals surface area contributed by atoms with Crippen molar-refractivity contribution in [3.05, 3.63) is 42.7 Å². The number of pyridine rings is 1. The van der Waals surface area contributed by atoms with E-state index >= 15 is 0 Å². The first-order chi connectivity index (χ1) is 15.2. The predicted molar refractivity (Wildman–Crippen MR) is 119 cm³/mol. The zero-order valence-corrected chi connectivity index (χ0v) is 17.6. The normalized spacial score (nSPS) is 14.5. The van der Waals surface area contributed by atoms with Gasteiger partial charge >= 0.3 is 0 Å². The SMILES string of the molecule is Cn1nccc1N=Nc1c(N2CCCC2)ccc(N=Nc2snc3ncccc23)c1O. The minimum absolute atomic E-state index is 0.0639. The zero-order chi connectivity index (χ0) is 21.2. The highest BCUT2D eigenvalue weighted by molar-refractivity contribution is 7.11. The van der Waals surface area contributed by atoms with Gasteiger partial charge < -0.3 is 10.0 Å². The summed E-state index contributed by atoms with van der Waals surface area (Å²) in [6, 6.07) is 9.13. The van der Waals surface area contributed by atoms with E-state index in [2.05, 4.69) is 39.8 Å². The molecule has 11 heteroatoms. The molecule has 0 radical (unpaired) electrons. The van der Waals surface area contributed by atoms with Gasteiger partial charge in [0.15, 0.2) is 27.9 Å². The number of aromatic hydroxyl groups is 1. The summed E-state index contributed by atoms with van der Waals surface area (Å²) in [6.45, 7) is 1.82. The van der Waals surface area contributed by atoms with Crippen LogP contribution in [-0.4, -0.2) is 37.3 Å². The van der Waals surface area contributed by atoms with Gasteiger partial charge in [0.25, 0.3) is 0 Å². The van der Waals surface area contributed by atoms with Gasteiger partial charge in [-0.05, 0) is 48.6 Å². The summed E-state index contributed by atoms with van der Waals surface area (Å²) in [5.41, 5.74) is 2.13. The van der Waals surface area contributed by atoms with Gasteiger partial charge in [0.2, 0.25) is 0 Å². The molecule has 0 atom stereocenters. The fourth-order valence-corrected chi connectivity index (χ4v) is 4.11. The molecule has 5 rings (SSSR count). The maximum absolute atomic E-state index is 11.0. The Labute approximate surface area is 181 Å². The Balaban J connectivity index is 1.54. The summed E-state index contributed by atoms with van der Waals surface area (Å²) in [6.07, 6.45) is 5.54. The number of hydrogen-bond donors (Lipinski definition) is 1. The number of anilines is 1. The summed E-state index contributed by atoms with van der Waals surface area (Å²) in [4.78, 5) is 6.40. The van der Waals surface area contributed by atoms with Gasteiger partial charge in [0, 0.05) is 32.4 Å². The van der Waals surface area contributed by atoms with Crippen LogP contribution < -0.4 is 4.90 Å². The second-order valence-corrected chi connectivity index (χ2v) is 7.82. The fourth-order valence-electron chi connectivity index (χ4n) is 3.46. The molecule has 1 saturated heterocycles. The summed E-state index contributed by atoms with van der Waals surface area (Å²) in [7, 11) is 1.79. The molecular formula is C20H19N9OS. The fraction of sp³-hybridized carbons (Fsp3) is 0.250. The van der Waals surface area contributed by atoms with E-state index in [4.69, 9.17) is 0 Å². The molecule has 1 aromatic carbocycles. The lowest BCUT2D eigenvalue weighted by Gasteiger charge is -2.20. The maximum Gasteiger partial charge on any atom is 0.175 e. The third kappa shape index (κ3) is 3.75. The van der Waals surface area contributed by atoms with Crippen molar-refractivity contribution in [2.24, 2.45) is 27.5 Å². The number of aryl methyl sites for hydroxylation is 1. The molecule has 0 unspecified atom stereocenters. The number of phenolic OH excluding ortho intramolecular Hbond substituents is 1. The summed E-state index contributed by atoms with van der Waals surface area (Å²) in [5, 5.41) is 33.7. The third-order valence-electron chi connectivity index (χ3n) is 5.09. The monoisotopic (exact) mass is 433 g/mol. The number of azo groups is 2. The van der Waals surface area contributed by atoms with Crippen LogP contribution in [0.15, 0.2) is 63.2 Å². The number of phenols is 1. The number of hydrogen-bond acceptors (Lipinski definition) is 10. The molecule has 4 heterocycles. The lowest BCUT2D eigenvalue weighted by molar-refractivity contribution is 0.477. The predicted octanol–water partition coefficient (Wildman–Crippen LogP) is 5.56. The average Bonchev–Trinajstić information content (AvgIpc) is 3.53. The van der Waals surface area contributed by atoms with E-state index in [9.17, 15) is 5.11 Å².